The number of carbonyl (C=O) groups excluding carboxylic acids is 1. The summed E-state index contributed by atoms with van der Waals surface area (Å²) >= 11 is 3.38. The van der Waals surface area contributed by atoms with E-state index >= 15 is 0 Å². The molecule has 3 heterocycles. The number of fused-ring (bicyclic) bond motifs is 1. The standard InChI is InChI=1S/C20H29N5O2S2/c1-5-21-20(24(3)12-16-13-29-19(23-16)14(2)27-4)22-10-18(26)25-8-6-17-15(11-25)7-9-28-17/h7,9,13-14H,5-6,8,10-12H2,1-4H3,(H,21,22). The maximum atomic E-state index is 12.7. The van der Waals surface area contributed by atoms with Crippen LogP contribution >= 0.6 is 22.7 Å². The van der Waals surface area contributed by atoms with Crippen LogP contribution in [0.25, 0.3) is 0 Å². The van der Waals surface area contributed by atoms with Gasteiger partial charge in [-0.2, -0.15) is 0 Å². The van der Waals surface area contributed by atoms with Gasteiger partial charge >= 0.3 is 0 Å². The van der Waals surface area contributed by atoms with Crippen LogP contribution in [0, 0.1) is 0 Å². The lowest BCUT2D eigenvalue weighted by molar-refractivity contribution is -0.130. The number of guanidine groups is 1. The fourth-order valence-electron chi connectivity index (χ4n) is 3.17. The Bertz CT molecular complexity index is 848. The second-order valence-electron chi connectivity index (χ2n) is 7.02. The molecule has 2 aromatic heterocycles. The minimum Gasteiger partial charge on any atom is -0.375 e. The Labute approximate surface area is 180 Å². The highest BCUT2D eigenvalue weighted by Gasteiger charge is 2.21. The average Bonchev–Trinajstić information content (AvgIpc) is 3.38. The Morgan fingerprint density at radius 1 is 1.48 bits per heavy atom. The molecule has 1 aliphatic heterocycles. The van der Waals surface area contributed by atoms with E-state index in [-0.39, 0.29) is 18.6 Å². The molecule has 1 N–H and O–H groups in total. The maximum Gasteiger partial charge on any atom is 0.244 e. The summed E-state index contributed by atoms with van der Waals surface area (Å²) in [5.74, 6) is 0.777. The first-order valence-electron chi connectivity index (χ1n) is 9.81. The van der Waals surface area contributed by atoms with Crippen molar-refractivity contribution in [3.63, 3.8) is 0 Å². The smallest absolute Gasteiger partial charge is 0.244 e. The van der Waals surface area contributed by atoms with Crippen molar-refractivity contribution >= 4 is 34.5 Å². The first-order valence-corrected chi connectivity index (χ1v) is 11.6. The molecular weight excluding hydrogens is 406 g/mol. The number of nitrogens with zero attached hydrogens (tertiary/aromatic N) is 4. The van der Waals surface area contributed by atoms with E-state index in [0.29, 0.717) is 19.0 Å². The van der Waals surface area contributed by atoms with Gasteiger partial charge in [-0.25, -0.2) is 9.98 Å². The van der Waals surface area contributed by atoms with Crippen LogP contribution in [0.3, 0.4) is 0 Å². The molecule has 2 aromatic rings. The number of aliphatic imine (C=N–C) groups is 1. The zero-order valence-corrected chi connectivity index (χ0v) is 19.1. The number of hydrogen-bond donors (Lipinski definition) is 1. The number of thiazole rings is 1. The maximum absolute atomic E-state index is 12.7. The molecule has 0 bridgehead atoms. The summed E-state index contributed by atoms with van der Waals surface area (Å²) in [5, 5.41) is 8.38. The van der Waals surface area contributed by atoms with Crippen LogP contribution in [0.1, 0.15) is 41.1 Å². The number of nitrogens with one attached hydrogen (secondary N) is 1. The van der Waals surface area contributed by atoms with E-state index < -0.39 is 0 Å². The molecule has 1 unspecified atom stereocenters. The molecule has 158 valence electrons. The van der Waals surface area contributed by atoms with Crippen LogP contribution in [0.15, 0.2) is 21.8 Å². The Balaban J connectivity index is 1.60. The SMILES string of the molecule is CCNC(=NCC(=O)N1CCc2sccc2C1)N(C)Cc1csc(C(C)OC)n1. The fourth-order valence-corrected chi connectivity index (χ4v) is 4.91. The largest absolute Gasteiger partial charge is 0.375 e. The predicted octanol–water partition coefficient (Wildman–Crippen LogP) is 2.89. The van der Waals surface area contributed by atoms with Crippen molar-refractivity contribution in [1.82, 2.24) is 20.1 Å². The number of aromatic nitrogens is 1. The molecule has 1 atom stereocenters. The first kappa shape index (κ1) is 21.7. The summed E-state index contributed by atoms with van der Waals surface area (Å²) in [7, 11) is 3.65. The molecule has 0 aromatic carbocycles. The van der Waals surface area contributed by atoms with Crippen LogP contribution in [0.2, 0.25) is 0 Å². The van der Waals surface area contributed by atoms with E-state index in [0.717, 1.165) is 30.2 Å². The number of carbonyl (C=O) groups is 1. The summed E-state index contributed by atoms with van der Waals surface area (Å²) in [6.45, 7) is 6.98. The van der Waals surface area contributed by atoms with E-state index in [1.165, 1.54) is 10.4 Å². The summed E-state index contributed by atoms with van der Waals surface area (Å²) in [6.07, 6.45) is 0.931. The van der Waals surface area contributed by atoms with Gasteiger partial charge in [-0.15, -0.1) is 22.7 Å². The highest BCUT2D eigenvalue weighted by Crippen LogP contribution is 2.24. The lowest BCUT2D eigenvalue weighted by Crippen LogP contribution is -2.41. The van der Waals surface area contributed by atoms with Crippen molar-refractivity contribution in [2.75, 3.05) is 33.8 Å². The van der Waals surface area contributed by atoms with Crippen LogP contribution in [0.5, 0.6) is 0 Å². The molecule has 29 heavy (non-hydrogen) atoms. The summed E-state index contributed by atoms with van der Waals surface area (Å²) < 4.78 is 5.34. The van der Waals surface area contributed by atoms with Crippen LogP contribution in [-0.2, 0) is 29.0 Å². The third-order valence-electron chi connectivity index (χ3n) is 4.89. The molecule has 0 spiro atoms. The fraction of sp³-hybridized carbons (Fsp3) is 0.550. The van der Waals surface area contributed by atoms with Gasteiger partial charge in [0.25, 0.3) is 0 Å². The number of methoxy groups -OCH3 is 1. The molecule has 1 aliphatic rings. The van der Waals surface area contributed by atoms with Crippen molar-refractivity contribution in [3.8, 4) is 0 Å². The van der Waals surface area contributed by atoms with Crippen molar-refractivity contribution in [3.05, 3.63) is 38.0 Å². The topological polar surface area (TPSA) is 70.1 Å². The van der Waals surface area contributed by atoms with Crippen molar-refractivity contribution in [2.45, 2.75) is 39.5 Å². The number of amides is 1. The second-order valence-corrected chi connectivity index (χ2v) is 8.91. The van der Waals surface area contributed by atoms with Crippen LogP contribution < -0.4 is 5.32 Å². The third kappa shape index (κ3) is 5.55. The van der Waals surface area contributed by atoms with Crippen molar-refractivity contribution in [1.29, 1.82) is 0 Å². The van der Waals surface area contributed by atoms with Gasteiger partial charge in [-0.05, 0) is 37.3 Å². The Morgan fingerprint density at radius 3 is 3.07 bits per heavy atom. The van der Waals surface area contributed by atoms with Crippen LogP contribution in [-0.4, -0.2) is 60.4 Å². The molecule has 0 saturated heterocycles. The van der Waals surface area contributed by atoms with Crippen molar-refractivity contribution in [2.24, 2.45) is 4.99 Å². The van der Waals surface area contributed by atoms with E-state index in [4.69, 9.17) is 4.74 Å². The monoisotopic (exact) mass is 435 g/mol. The minimum absolute atomic E-state index is 0.00753. The molecule has 7 nitrogen and oxygen atoms in total. The Kier molecular flexibility index (Phi) is 7.63. The predicted molar refractivity (Wildman–Crippen MR) is 118 cm³/mol. The van der Waals surface area contributed by atoms with Crippen molar-refractivity contribution < 1.29 is 9.53 Å². The molecule has 3 rings (SSSR count). The molecular formula is C20H29N5O2S2. The van der Waals surface area contributed by atoms with Gasteiger partial charge in [0.1, 0.15) is 17.7 Å². The molecule has 1 amide bonds. The lowest BCUT2D eigenvalue weighted by Gasteiger charge is -2.27. The van der Waals surface area contributed by atoms with E-state index in [1.807, 2.05) is 36.1 Å². The van der Waals surface area contributed by atoms with E-state index in [9.17, 15) is 4.79 Å². The number of ether oxygens (including phenoxy) is 1. The summed E-state index contributed by atoms with van der Waals surface area (Å²) in [6, 6.07) is 2.12. The van der Waals surface area contributed by atoms with Gasteiger partial charge in [0.05, 0.1) is 12.2 Å². The van der Waals surface area contributed by atoms with Gasteiger partial charge < -0.3 is 19.9 Å². The molecule has 0 aliphatic carbocycles. The Hall–Kier alpha value is -1.97. The van der Waals surface area contributed by atoms with Gasteiger partial charge in [-0.1, -0.05) is 0 Å². The van der Waals surface area contributed by atoms with Crippen LogP contribution in [0.4, 0.5) is 0 Å². The Morgan fingerprint density at radius 2 is 2.31 bits per heavy atom. The van der Waals surface area contributed by atoms with Gasteiger partial charge in [0, 0.05) is 44.0 Å². The first-order chi connectivity index (χ1) is 14.0. The number of rotatable bonds is 7. The quantitative estimate of drug-likeness (QED) is 0.535. The molecule has 0 saturated carbocycles. The normalized spacial score (nSPS) is 15.2. The average molecular weight is 436 g/mol. The highest BCUT2D eigenvalue weighted by molar-refractivity contribution is 7.10. The van der Waals surface area contributed by atoms with Gasteiger partial charge in [-0.3, -0.25) is 4.79 Å². The zero-order chi connectivity index (χ0) is 20.8. The number of thiophene rings is 1. The second kappa shape index (κ2) is 10.2. The molecule has 0 radical (unpaired) electrons. The summed E-state index contributed by atoms with van der Waals surface area (Å²) in [4.78, 5) is 27.2. The van der Waals surface area contributed by atoms with Gasteiger partial charge in [0.2, 0.25) is 5.91 Å². The number of hydrogen-bond acceptors (Lipinski definition) is 6. The minimum atomic E-state index is -0.00753. The molecule has 9 heteroatoms. The zero-order valence-electron chi connectivity index (χ0n) is 17.5. The summed E-state index contributed by atoms with van der Waals surface area (Å²) in [5.41, 5.74) is 2.24. The molecule has 0 fully saturated rings. The third-order valence-corrected chi connectivity index (χ3v) is 6.97. The lowest BCUT2D eigenvalue weighted by atomic mass is 10.1. The highest BCUT2D eigenvalue weighted by atomic mass is 32.1. The van der Waals surface area contributed by atoms with Gasteiger partial charge in [0.15, 0.2) is 5.96 Å². The van der Waals surface area contributed by atoms with E-state index in [2.05, 4.69) is 26.7 Å². The van der Waals surface area contributed by atoms with E-state index in [1.54, 1.807) is 29.8 Å².